The average Bonchev–Trinajstić information content (AvgIpc) is 2.81. The molecule has 0 aliphatic heterocycles. The summed E-state index contributed by atoms with van der Waals surface area (Å²) in [7, 11) is 0. The minimum absolute atomic E-state index is 0.0941. The molecule has 0 spiro atoms. The van der Waals surface area contributed by atoms with Crippen molar-refractivity contribution in [1.29, 1.82) is 0 Å². The van der Waals surface area contributed by atoms with Crippen LogP contribution in [0.4, 0.5) is 11.5 Å². The van der Waals surface area contributed by atoms with E-state index in [4.69, 9.17) is 0 Å². The van der Waals surface area contributed by atoms with E-state index in [1.165, 1.54) is 0 Å². The van der Waals surface area contributed by atoms with Gasteiger partial charge in [0.25, 0.3) is 0 Å². The average molecular weight is 207 g/mol. The van der Waals surface area contributed by atoms with Crippen molar-refractivity contribution in [3.05, 3.63) is 27.9 Å². The summed E-state index contributed by atoms with van der Waals surface area (Å²) < 4.78 is 0. The van der Waals surface area contributed by atoms with E-state index in [0.29, 0.717) is 23.3 Å². The molecule has 1 aliphatic carbocycles. The summed E-state index contributed by atoms with van der Waals surface area (Å²) >= 11 is 0. The van der Waals surface area contributed by atoms with Crippen LogP contribution in [-0.4, -0.2) is 15.9 Å². The normalized spacial score (nSPS) is 23.6. The van der Waals surface area contributed by atoms with Gasteiger partial charge in [0.05, 0.1) is 4.92 Å². The second-order valence-corrected chi connectivity index (χ2v) is 4.05. The highest BCUT2D eigenvalue weighted by Crippen LogP contribution is 2.35. The third kappa shape index (κ3) is 1.91. The molecule has 2 rings (SSSR count). The molecule has 0 saturated heterocycles. The lowest BCUT2D eigenvalue weighted by atomic mass is 10.2. The summed E-state index contributed by atoms with van der Waals surface area (Å²) in [6, 6.07) is 2.00. The molecule has 0 radical (unpaired) electrons. The SMILES string of the molecule is Cc1ccnc(NC2CC2C)c1[N+](=O)[O-]. The summed E-state index contributed by atoms with van der Waals surface area (Å²) in [6.07, 6.45) is 2.66. The standard InChI is InChI=1S/C10H13N3O2/c1-6-3-4-11-10(9(6)13(14)15)12-8-5-7(8)2/h3-4,7-8H,5H2,1-2H3,(H,11,12). The van der Waals surface area contributed by atoms with E-state index in [1.54, 1.807) is 19.2 Å². The molecule has 0 aromatic carbocycles. The Morgan fingerprint density at radius 1 is 1.67 bits per heavy atom. The van der Waals surface area contributed by atoms with E-state index in [0.717, 1.165) is 6.42 Å². The summed E-state index contributed by atoms with van der Waals surface area (Å²) in [5, 5.41) is 14.0. The molecule has 2 unspecified atom stereocenters. The van der Waals surface area contributed by atoms with Crippen molar-refractivity contribution in [2.75, 3.05) is 5.32 Å². The second-order valence-electron chi connectivity index (χ2n) is 4.05. The number of hydrogen-bond donors (Lipinski definition) is 1. The van der Waals surface area contributed by atoms with E-state index >= 15 is 0 Å². The van der Waals surface area contributed by atoms with Crippen LogP contribution < -0.4 is 5.32 Å². The zero-order chi connectivity index (χ0) is 11.0. The Kier molecular flexibility index (Phi) is 2.30. The first-order valence-corrected chi connectivity index (χ1v) is 4.96. The third-order valence-corrected chi connectivity index (χ3v) is 2.74. The second kappa shape index (κ2) is 3.49. The summed E-state index contributed by atoms with van der Waals surface area (Å²) in [6.45, 7) is 3.83. The molecule has 0 bridgehead atoms. The number of nitrogens with one attached hydrogen (secondary N) is 1. The Hall–Kier alpha value is -1.65. The lowest BCUT2D eigenvalue weighted by Gasteiger charge is -2.05. The van der Waals surface area contributed by atoms with Crippen LogP contribution in [0.25, 0.3) is 0 Å². The van der Waals surface area contributed by atoms with Gasteiger partial charge in [-0.15, -0.1) is 0 Å². The van der Waals surface area contributed by atoms with Gasteiger partial charge < -0.3 is 5.32 Å². The van der Waals surface area contributed by atoms with E-state index in [2.05, 4.69) is 17.2 Å². The molecule has 1 aromatic heterocycles. The molecule has 1 heterocycles. The molecule has 2 atom stereocenters. The molecule has 5 heteroatoms. The summed E-state index contributed by atoms with van der Waals surface area (Å²) in [4.78, 5) is 14.5. The van der Waals surface area contributed by atoms with Crippen molar-refractivity contribution in [1.82, 2.24) is 4.98 Å². The van der Waals surface area contributed by atoms with Crippen molar-refractivity contribution in [3.8, 4) is 0 Å². The number of hydrogen-bond acceptors (Lipinski definition) is 4. The Bertz CT molecular complexity index is 406. The largest absolute Gasteiger partial charge is 0.361 e. The van der Waals surface area contributed by atoms with Gasteiger partial charge in [0.2, 0.25) is 5.82 Å². The molecule has 1 fully saturated rings. The monoisotopic (exact) mass is 207 g/mol. The Morgan fingerprint density at radius 3 is 2.87 bits per heavy atom. The van der Waals surface area contributed by atoms with Gasteiger partial charge in [-0.05, 0) is 25.3 Å². The molecule has 80 valence electrons. The zero-order valence-electron chi connectivity index (χ0n) is 8.73. The highest BCUT2D eigenvalue weighted by Gasteiger charge is 2.34. The number of aromatic nitrogens is 1. The quantitative estimate of drug-likeness (QED) is 0.608. The maximum Gasteiger partial charge on any atom is 0.314 e. The first-order chi connectivity index (χ1) is 7.09. The lowest BCUT2D eigenvalue weighted by Crippen LogP contribution is -2.08. The number of rotatable bonds is 3. The van der Waals surface area contributed by atoms with Crippen LogP contribution in [-0.2, 0) is 0 Å². The predicted molar refractivity (Wildman–Crippen MR) is 56.8 cm³/mol. The van der Waals surface area contributed by atoms with E-state index < -0.39 is 0 Å². The van der Waals surface area contributed by atoms with Crippen molar-refractivity contribution >= 4 is 11.5 Å². The van der Waals surface area contributed by atoms with Crippen molar-refractivity contribution in [2.24, 2.45) is 5.92 Å². The smallest absolute Gasteiger partial charge is 0.314 e. The molecular weight excluding hydrogens is 194 g/mol. The highest BCUT2D eigenvalue weighted by molar-refractivity contribution is 5.60. The minimum Gasteiger partial charge on any atom is -0.361 e. The van der Waals surface area contributed by atoms with Crippen LogP contribution in [0.2, 0.25) is 0 Å². The molecule has 1 saturated carbocycles. The van der Waals surface area contributed by atoms with Crippen LogP contribution >= 0.6 is 0 Å². The highest BCUT2D eigenvalue weighted by atomic mass is 16.6. The Balaban J connectivity index is 2.29. The molecule has 5 nitrogen and oxygen atoms in total. The van der Waals surface area contributed by atoms with Gasteiger partial charge >= 0.3 is 5.69 Å². The fourth-order valence-electron chi connectivity index (χ4n) is 1.59. The fraction of sp³-hybridized carbons (Fsp3) is 0.500. The minimum atomic E-state index is -0.377. The van der Waals surface area contributed by atoms with E-state index in [1.807, 2.05) is 0 Å². The Labute approximate surface area is 87.7 Å². The zero-order valence-corrected chi connectivity index (χ0v) is 8.73. The van der Waals surface area contributed by atoms with E-state index in [9.17, 15) is 10.1 Å². The maximum absolute atomic E-state index is 10.9. The van der Waals surface area contributed by atoms with E-state index in [-0.39, 0.29) is 10.6 Å². The number of nitrogens with zero attached hydrogens (tertiary/aromatic N) is 2. The van der Waals surface area contributed by atoms with Gasteiger partial charge in [0.15, 0.2) is 0 Å². The van der Waals surface area contributed by atoms with Crippen molar-refractivity contribution in [2.45, 2.75) is 26.3 Å². The fourth-order valence-corrected chi connectivity index (χ4v) is 1.59. The maximum atomic E-state index is 10.9. The molecule has 1 aliphatic rings. The van der Waals surface area contributed by atoms with Gasteiger partial charge in [-0.1, -0.05) is 6.92 Å². The van der Waals surface area contributed by atoms with Crippen LogP contribution in [0.3, 0.4) is 0 Å². The van der Waals surface area contributed by atoms with Crippen molar-refractivity contribution in [3.63, 3.8) is 0 Å². The number of anilines is 1. The predicted octanol–water partition coefficient (Wildman–Crippen LogP) is 2.12. The molecule has 1 aromatic rings. The van der Waals surface area contributed by atoms with Crippen LogP contribution in [0, 0.1) is 23.0 Å². The van der Waals surface area contributed by atoms with Crippen LogP contribution in [0.1, 0.15) is 18.9 Å². The first kappa shape index (κ1) is 9.89. The first-order valence-electron chi connectivity index (χ1n) is 4.96. The van der Waals surface area contributed by atoms with Gasteiger partial charge in [-0.2, -0.15) is 0 Å². The topological polar surface area (TPSA) is 68.1 Å². The van der Waals surface area contributed by atoms with Gasteiger partial charge in [0.1, 0.15) is 0 Å². The van der Waals surface area contributed by atoms with Crippen LogP contribution in [0.5, 0.6) is 0 Å². The molecule has 0 amide bonds. The third-order valence-electron chi connectivity index (χ3n) is 2.74. The van der Waals surface area contributed by atoms with Gasteiger partial charge in [-0.3, -0.25) is 10.1 Å². The number of aryl methyl sites for hydroxylation is 1. The molecule has 15 heavy (non-hydrogen) atoms. The molecular formula is C10H13N3O2. The number of pyridine rings is 1. The van der Waals surface area contributed by atoms with Gasteiger partial charge in [0, 0.05) is 17.8 Å². The number of nitro groups is 1. The molecule has 1 N–H and O–H groups in total. The van der Waals surface area contributed by atoms with Crippen molar-refractivity contribution < 1.29 is 4.92 Å². The van der Waals surface area contributed by atoms with Crippen LogP contribution in [0.15, 0.2) is 12.3 Å². The lowest BCUT2D eigenvalue weighted by molar-refractivity contribution is -0.384. The summed E-state index contributed by atoms with van der Waals surface area (Å²) in [5.74, 6) is 0.987. The summed E-state index contributed by atoms with van der Waals surface area (Å²) in [5.41, 5.74) is 0.738. The van der Waals surface area contributed by atoms with Gasteiger partial charge in [-0.25, -0.2) is 4.98 Å². The Morgan fingerprint density at radius 2 is 2.33 bits per heavy atom.